The van der Waals surface area contributed by atoms with Gasteiger partial charge in [-0.3, -0.25) is 4.40 Å². The van der Waals surface area contributed by atoms with Crippen LogP contribution in [0.2, 0.25) is 0 Å². The number of hydrogen-bond donors (Lipinski definition) is 0. The van der Waals surface area contributed by atoms with Crippen LogP contribution >= 0.6 is 0 Å². The smallest absolute Gasteiger partial charge is 0.203 e. The number of anilines is 1. The maximum atomic E-state index is 5.98. The van der Waals surface area contributed by atoms with Crippen molar-refractivity contribution in [2.45, 2.75) is 37.5 Å². The Labute approximate surface area is 156 Å². The van der Waals surface area contributed by atoms with Crippen LogP contribution in [-0.2, 0) is 0 Å². The van der Waals surface area contributed by atoms with Crippen molar-refractivity contribution in [2.75, 3.05) is 18.0 Å². The molecular weight excluding hydrogens is 340 g/mol. The van der Waals surface area contributed by atoms with Gasteiger partial charge in [-0.05, 0) is 37.8 Å². The largest absolute Gasteiger partial charge is 0.440 e. The number of fused-ring (bicyclic) bond motifs is 2. The van der Waals surface area contributed by atoms with Gasteiger partial charge in [0.25, 0.3) is 0 Å². The fraction of sp³-hybridized carbons (Fsp3) is 0.400. The molecular formula is C20H20N6O. The Hall–Kier alpha value is -2.96. The summed E-state index contributed by atoms with van der Waals surface area (Å²) in [5, 5.41) is 8.86. The quantitative estimate of drug-likeness (QED) is 0.556. The third kappa shape index (κ3) is 2.49. The second kappa shape index (κ2) is 5.77. The van der Waals surface area contributed by atoms with Gasteiger partial charge in [0.1, 0.15) is 11.3 Å². The molecule has 4 aromatic rings. The number of para-hydroxylation sites is 2. The van der Waals surface area contributed by atoms with E-state index in [-0.39, 0.29) is 0 Å². The lowest BCUT2D eigenvalue weighted by Crippen LogP contribution is -2.34. The molecule has 27 heavy (non-hydrogen) atoms. The summed E-state index contributed by atoms with van der Waals surface area (Å²) in [6, 6.07) is 7.97. The Morgan fingerprint density at radius 1 is 0.963 bits per heavy atom. The summed E-state index contributed by atoms with van der Waals surface area (Å²) in [6.07, 6.45) is 8.28. The lowest BCUT2D eigenvalue weighted by Gasteiger charge is -2.31. The number of nitrogens with zero attached hydrogens (tertiary/aromatic N) is 6. The molecule has 0 bridgehead atoms. The second-order valence-electron chi connectivity index (χ2n) is 7.56. The first-order valence-corrected chi connectivity index (χ1v) is 9.67. The van der Waals surface area contributed by atoms with E-state index >= 15 is 0 Å². The number of rotatable bonds is 3. The number of piperidine rings is 1. The predicted molar refractivity (Wildman–Crippen MR) is 101 cm³/mol. The minimum atomic E-state index is 0.355. The Kier molecular flexibility index (Phi) is 3.23. The lowest BCUT2D eigenvalue weighted by molar-refractivity contribution is 0.406. The maximum Gasteiger partial charge on any atom is 0.203 e. The Morgan fingerprint density at radius 2 is 1.81 bits per heavy atom. The first kappa shape index (κ1) is 15.1. The van der Waals surface area contributed by atoms with E-state index in [4.69, 9.17) is 4.42 Å². The van der Waals surface area contributed by atoms with Gasteiger partial charge in [-0.15, -0.1) is 10.2 Å². The van der Waals surface area contributed by atoms with E-state index in [1.807, 2.05) is 36.7 Å². The highest BCUT2D eigenvalue weighted by Crippen LogP contribution is 2.39. The van der Waals surface area contributed by atoms with Crippen molar-refractivity contribution in [1.29, 1.82) is 0 Å². The molecule has 1 aliphatic heterocycles. The van der Waals surface area contributed by atoms with Crippen LogP contribution in [0.4, 0.5) is 5.82 Å². The summed E-state index contributed by atoms with van der Waals surface area (Å²) < 4.78 is 8.10. The molecule has 1 saturated carbocycles. The molecule has 136 valence electrons. The van der Waals surface area contributed by atoms with Crippen LogP contribution in [0.15, 0.2) is 41.1 Å². The topological polar surface area (TPSA) is 72.4 Å². The number of hydrogen-bond acceptors (Lipinski definition) is 6. The van der Waals surface area contributed by atoms with E-state index in [2.05, 4.69) is 29.5 Å². The van der Waals surface area contributed by atoms with Crippen molar-refractivity contribution in [2.24, 2.45) is 0 Å². The summed E-state index contributed by atoms with van der Waals surface area (Å²) in [4.78, 5) is 11.6. The van der Waals surface area contributed by atoms with E-state index in [9.17, 15) is 0 Å². The van der Waals surface area contributed by atoms with Crippen LogP contribution in [0.1, 0.15) is 49.2 Å². The van der Waals surface area contributed by atoms with E-state index in [1.165, 1.54) is 12.8 Å². The standard InChI is InChI=1S/C20H20N6O/c1-2-4-16-15(3-1)22-20(27-16)14-7-10-25(11-8-14)18-19-24-23-17(13-5-6-13)26(19)12-9-21-18/h1-4,9,12-14H,5-8,10-11H2. The molecule has 0 atom stereocenters. The molecule has 7 nitrogen and oxygen atoms in total. The lowest BCUT2D eigenvalue weighted by atomic mass is 9.97. The normalized spacial score (nSPS) is 18.6. The molecule has 4 heterocycles. The van der Waals surface area contributed by atoms with Crippen molar-refractivity contribution < 1.29 is 4.42 Å². The molecule has 1 aliphatic carbocycles. The Balaban J connectivity index is 1.25. The van der Waals surface area contributed by atoms with Gasteiger partial charge in [0.2, 0.25) is 5.65 Å². The SMILES string of the molecule is c1ccc2oc(C3CCN(c4nccn5c(C6CC6)nnc45)CC3)nc2c1. The van der Waals surface area contributed by atoms with Crippen LogP contribution in [0.3, 0.4) is 0 Å². The molecule has 6 rings (SSSR count). The first-order chi connectivity index (χ1) is 13.4. The fourth-order valence-electron chi connectivity index (χ4n) is 4.08. The van der Waals surface area contributed by atoms with Crippen LogP contribution in [0, 0.1) is 0 Å². The van der Waals surface area contributed by atoms with Crippen molar-refractivity contribution in [3.8, 4) is 0 Å². The number of aromatic nitrogens is 5. The third-order valence-electron chi connectivity index (χ3n) is 5.73. The van der Waals surface area contributed by atoms with Crippen molar-refractivity contribution in [3.63, 3.8) is 0 Å². The van der Waals surface area contributed by atoms with Crippen molar-refractivity contribution >= 4 is 22.6 Å². The van der Waals surface area contributed by atoms with Gasteiger partial charge in [0, 0.05) is 37.3 Å². The highest BCUT2D eigenvalue weighted by atomic mass is 16.3. The third-order valence-corrected chi connectivity index (χ3v) is 5.73. The zero-order chi connectivity index (χ0) is 17.8. The maximum absolute atomic E-state index is 5.98. The highest BCUT2D eigenvalue weighted by molar-refractivity contribution is 5.72. The van der Waals surface area contributed by atoms with Crippen LogP contribution in [0.5, 0.6) is 0 Å². The van der Waals surface area contributed by atoms with Crippen molar-refractivity contribution in [1.82, 2.24) is 24.6 Å². The average Bonchev–Trinajstić information content (AvgIpc) is 3.31. The predicted octanol–water partition coefficient (Wildman–Crippen LogP) is 3.53. The minimum absolute atomic E-state index is 0.355. The molecule has 1 saturated heterocycles. The highest BCUT2D eigenvalue weighted by Gasteiger charge is 2.31. The average molecular weight is 360 g/mol. The second-order valence-corrected chi connectivity index (χ2v) is 7.56. The monoisotopic (exact) mass is 360 g/mol. The molecule has 0 unspecified atom stereocenters. The molecule has 0 spiro atoms. The number of oxazole rings is 1. The van der Waals surface area contributed by atoms with Gasteiger partial charge in [-0.1, -0.05) is 12.1 Å². The summed E-state index contributed by atoms with van der Waals surface area (Å²) >= 11 is 0. The van der Waals surface area contributed by atoms with Gasteiger partial charge < -0.3 is 9.32 Å². The van der Waals surface area contributed by atoms with Gasteiger partial charge >= 0.3 is 0 Å². The van der Waals surface area contributed by atoms with Crippen LogP contribution < -0.4 is 4.90 Å². The number of benzene rings is 1. The van der Waals surface area contributed by atoms with E-state index in [1.54, 1.807) is 0 Å². The van der Waals surface area contributed by atoms with E-state index < -0.39 is 0 Å². The van der Waals surface area contributed by atoms with Crippen LogP contribution in [-0.4, -0.2) is 37.7 Å². The van der Waals surface area contributed by atoms with Gasteiger partial charge in [-0.2, -0.15) is 0 Å². The zero-order valence-electron chi connectivity index (χ0n) is 15.0. The minimum Gasteiger partial charge on any atom is -0.440 e. The molecule has 2 fully saturated rings. The summed E-state index contributed by atoms with van der Waals surface area (Å²) in [5.74, 6) is 3.80. The zero-order valence-corrected chi connectivity index (χ0v) is 15.0. The molecule has 2 aliphatic rings. The van der Waals surface area contributed by atoms with Gasteiger partial charge in [-0.25, -0.2) is 9.97 Å². The van der Waals surface area contributed by atoms with E-state index in [0.717, 1.165) is 60.2 Å². The van der Waals surface area contributed by atoms with Crippen LogP contribution in [0.25, 0.3) is 16.7 Å². The molecule has 1 aromatic carbocycles. The Morgan fingerprint density at radius 3 is 2.63 bits per heavy atom. The van der Waals surface area contributed by atoms with Gasteiger partial charge in [0.05, 0.1) is 0 Å². The Bertz CT molecular complexity index is 1090. The first-order valence-electron chi connectivity index (χ1n) is 9.67. The van der Waals surface area contributed by atoms with E-state index in [0.29, 0.717) is 11.8 Å². The molecule has 7 heteroatoms. The molecule has 3 aromatic heterocycles. The summed E-state index contributed by atoms with van der Waals surface area (Å²) in [7, 11) is 0. The fourth-order valence-corrected chi connectivity index (χ4v) is 4.08. The summed E-state index contributed by atoms with van der Waals surface area (Å²) in [5.41, 5.74) is 2.69. The van der Waals surface area contributed by atoms with Crippen molar-refractivity contribution in [3.05, 3.63) is 48.4 Å². The molecule has 0 N–H and O–H groups in total. The summed E-state index contributed by atoms with van der Waals surface area (Å²) in [6.45, 7) is 1.84. The molecule has 0 amide bonds. The molecule has 0 radical (unpaired) electrons. The van der Waals surface area contributed by atoms with Gasteiger partial charge in [0.15, 0.2) is 17.3 Å².